The highest BCUT2D eigenvalue weighted by Crippen LogP contribution is 2.41. The first-order valence-corrected chi connectivity index (χ1v) is 6.88. The number of aromatic carboxylic acids is 1. The smallest absolute Gasteiger partial charge is 0.339 e. The van der Waals surface area contributed by atoms with Crippen molar-refractivity contribution in [2.45, 2.75) is 13.8 Å². The molecule has 18 heavy (non-hydrogen) atoms. The van der Waals surface area contributed by atoms with E-state index in [-0.39, 0.29) is 11.5 Å². The summed E-state index contributed by atoms with van der Waals surface area (Å²) in [6.07, 6.45) is 0. The summed E-state index contributed by atoms with van der Waals surface area (Å²) in [5, 5.41) is 14.2. The zero-order valence-electron chi connectivity index (χ0n) is 9.81. The van der Waals surface area contributed by atoms with Gasteiger partial charge >= 0.3 is 5.97 Å². The summed E-state index contributed by atoms with van der Waals surface area (Å²) < 4.78 is 0. The minimum absolute atomic E-state index is 0.176. The van der Waals surface area contributed by atoms with Crippen molar-refractivity contribution in [3.05, 3.63) is 28.0 Å². The fraction of sp³-hybridized carbons (Fsp3) is 0.167. The number of amides is 1. The summed E-state index contributed by atoms with van der Waals surface area (Å²) in [6.45, 7) is 3.23. The number of hydrogen-bond donors (Lipinski definition) is 2. The van der Waals surface area contributed by atoms with Crippen LogP contribution in [0, 0.1) is 6.92 Å². The second-order valence-corrected chi connectivity index (χ2v) is 5.87. The number of thiophene rings is 2. The Labute approximate surface area is 112 Å². The maximum atomic E-state index is 11.4. The highest BCUT2D eigenvalue weighted by Gasteiger charge is 2.23. The largest absolute Gasteiger partial charge is 0.478 e. The van der Waals surface area contributed by atoms with Gasteiger partial charge in [-0.2, -0.15) is 0 Å². The average molecular weight is 281 g/mol. The zero-order chi connectivity index (χ0) is 13.3. The molecule has 2 aromatic rings. The number of carbonyl (C=O) groups excluding carboxylic acids is 1. The van der Waals surface area contributed by atoms with E-state index in [2.05, 4.69) is 5.32 Å². The molecule has 0 aliphatic rings. The van der Waals surface area contributed by atoms with Crippen LogP contribution >= 0.6 is 22.7 Å². The number of nitrogens with one attached hydrogen (secondary N) is 1. The summed E-state index contributed by atoms with van der Waals surface area (Å²) in [5.41, 5.74) is 0.876. The van der Waals surface area contributed by atoms with Crippen molar-refractivity contribution < 1.29 is 14.7 Å². The van der Waals surface area contributed by atoms with E-state index in [0.717, 1.165) is 9.75 Å². The standard InChI is InChI=1S/C12H11NO3S2/c1-6-9(8-4-3-5-17-8)10(12(15)16)11(18-6)13-7(2)14/h3-5H,1-2H3,(H,13,14)(H,15,16). The van der Waals surface area contributed by atoms with Crippen LogP contribution < -0.4 is 5.32 Å². The van der Waals surface area contributed by atoms with Gasteiger partial charge in [0.1, 0.15) is 10.6 Å². The molecule has 2 aromatic heterocycles. The molecule has 0 aliphatic heterocycles. The molecule has 0 aromatic carbocycles. The van der Waals surface area contributed by atoms with E-state index in [1.807, 2.05) is 24.4 Å². The number of anilines is 1. The van der Waals surface area contributed by atoms with Crippen molar-refractivity contribution in [3.63, 3.8) is 0 Å². The minimum atomic E-state index is -1.02. The number of carbonyl (C=O) groups is 2. The zero-order valence-corrected chi connectivity index (χ0v) is 11.4. The molecule has 0 atom stereocenters. The molecule has 94 valence electrons. The normalized spacial score (nSPS) is 10.3. The Hall–Kier alpha value is -1.66. The van der Waals surface area contributed by atoms with E-state index in [4.69, 9.17) is 0 Å². The van der Waals surface area contributed by atoms with Gasteiger partial charge < -0.3 is 10.4 Å². The fourth-order valence-electron chi connectivity index (χ4n) is 1.71. The molecule has 0 unspecified atom stereocenters. The third-order valence-corrected chi connectivity index (χ3v) is 4.26. The fourth-order valence-corrected chi connectivity index (χ4v) is 3.72. The van der Waals surface area contributed by atoms with Crippen molar-refractivity contribution in [1.29, 1.82) is 0 Å². The molecule has 2 N–H and O–H groups in total. The van der Waals surface area contributed by atoms with E-state index in [1.54, 1.807) is 0 Å². The van der Waals surface area contributed by atoms with Gasteiger partial charge in [0.2, 0.25) is 5.91 Å². The van der Waals surface area contributed by atoms with Crippen molar-refractivity contribution in [1.82, 2.24) is 0 Å². The number of aryl methyl sites for hydroxylation is 1. The molecule has 6 heteroatoms. The molecule has 2 rings (SSSR count). The lowest BCUT2D eigenvalue weighted by atomic mass is 10.1. The van der Waals surface area contributed by atoms with Crippen LogP contribution in [0.15, 0.2) is 17.5 Å². The van der Waals surface area contributed by atoms with Crippen LogP contribution in [-0.2, 0) is 4.79 Å². The second kappa shape index (κ2) is 4.91. The van der Waals surface area contributed by atoms with Crippen LogP contribution in [0.1, 0.15) is 22.2 Å². The van der Waals surface area contributed by atoms with Crippen molar-refractivity contribution in [3.8, 4) is 10.4 Å². The predicted molar refractivity (Wildman–Crippen MR) is 73.6 cm³/mol. The van der Waals surface area contributed by atoms with Gasteiger partial charge in [-0.25, -0.2) is 4.79 Å². The topological polar surface area (TPSA) is 66.4 Å². The first-order valence-electron chi connectivity index (χ1n) is 5.19. The van der Waals surface area contributed by atoms with Gasteiger partial charge in [-0.3, -0.25) is 4.79 Å². The van der Waals surface area contributed by atoms with Crippen LogP contribution in [-0.4, -0.2) is 17.0 Å². The van der Waals surface area contributed by atoms with E-state index in [1.165, 1.54) is 29.6 Å². The lowest BCUT2D eigenvalue weighted by Gasteiger charge is -2.02. The van der Waals surface area contributed by atoms with E-state index < -0.39 is 5.97 Å². The van der Waals surface area contributed by atoms with E-state index in [9.17, 15) is 14.7 Å². The van der Waals surface area contributed by atoms with Gasteiger partial charge in [0, 0.05) is 22.2 Å². The van der Waals surface area contributed by atoms with Gasteiger partial charge in [0.15, 0.2) is 0 Å². The van der Waals surface area contributed by atoms with E-state index in [0.29, 0.717) is 10.6 Å². The molecule has 0 spiro atoms. The highest BCUT2D eigenvalue weighted by molar-refractivity contribution is 7.18. The Morgan fingerprint density at radius 1 is 1.39 bits per heavy atom. The summed E-state index contributed by atoms with van der Waals surface area (Å²) >= 11 is 2.77. The minimum Gasteiger partial charge on any atom is -0.478 e. The molecule has 0 saturated carbocycles. The Kier molecular flexibility index (Phi) is 3.49. The molecule has 0 bridgehead atoms. The maximum absolute atomic E-state index is 11.4. The number of carboxylic acid groups (broad SMARTS) is 1. The van der Waals surface area contributed by atoms with Crippen molar-refractivity contribution in [2.24, 2.45) is 0 Å². The Bertz CT molecular complexity index is 599. The molecular formula is C12H11NO3S2. The number of hydrogen-bond acceptors (Lipinski definition) is 4. The van der Waals surface area contributed by atoms with Gasteiger partial charge in [-0.1, -0.05) is 6.07 Å². The Morgan fingerprint density at radius 2 is 2.11 bits per heavy atom. The summed E-state index contributed by atoms with van der Waals surface area (Å²) in [7, 11) is 0. The maximum Gasteiger partial charge on any atom is 0.339 e. The van der Waals surface area contributed by atoms with Gasteiger partial charge in [0.05, 0.1) is 0 Å². The molecule has 0 radical (unpaired) electrons. The molecule has 0 aliphatic carbocycles. The number of carboxylic acids is 1. The van der Waals surface area contributed by atoms with Crippen LogP contribution in [0.3, 0.4) is 0 Å². The van der Waals surface area contributed by atoms with Gasteiger partial charge in [0.25, 0.3) is 0 Å². The quantitative estimate of drug-likeness (QED) is 0.905. The first kappa shape index (κ1) is 12.8. The average Bonchev–Trinajstić information content (AvgIpc) is 2.83. The summed E-state index contributed by atoms with van der Waals surface area (Å²) in [6, 6.07) is 3.75. The summed E-state index contributed by atoms with van der Waals surface area (Å²) in [5.74, 6) is -1.29. The van der Waals surface area contributed by atoms with Crippen LogP contribution in [0.5, 0.6) is 0 Å². The predicted octanol–water partition coefficient (Wildman–Crippen LogP) is 3.44. The van der Waals surface area contributed by atoms with E-state index >= 15 is 0 Å². The van der Waals surface area contributed by atoms with Crippen LogP contribution in [0.25, 0.3) is 10.4 Å². The molecule has 4 nitrogen and oxygen atoms in total. The van der Waals surface area contributed by atoms with Crippen LogP contribution in [0.2, 0.25) is 0 Å². The third-order valence-electron chi connectivity index (χ3n) is 2.36. The lowest BCUT2D eigenvalue weighted by molar-refractivity contribution is -0.114. The van der Waals surface area contributed by atoms with Gasteiger partial charge in [-0.15, -0.1) is 22.7 Å². The number of rotatable bonds is 3. The summed E-state index contributed by atoms with van der Waals surface area (Å²) in [4.78, 5) is 24.3. The second-order valence-electron chi connectivity index (χ2n) is 3.70. The highest BCUT2D eigenvalue weighted by atomic mass is 32.1. The molecular weight excluding hydrogens is 270 g/mol. The van der Waals surface area contributed by atoms with Gasteiger partial charge in [-0.05, 0) is 18.4 Å². The molecule has 1 amide bonds. The molecule has 2 heterocycles. The molecule has 0 fully saturated rings. The lowest BCUT2D eigenvalue weighted by Crippen LogP contribution is -2.08. The van der Waals surface area contributed by atoms with Crippen molar-refractivity contribution in [2.75, 3.05) is 5.32 Å². The van der Waals surface area contributed by atoms with Crippen molar-refractivity contribution >= 4 is 39.6 Å². The SMILES string of the molecule is CC(=O)Nc1sc(C)c(-c2cccs2)c1C(=O)O. The molecule has 0 saturated heterocycles. The Balaban J connectivity index is 2.62. The van der Waals surface area contributed by atoms with Crippen LogP contribution in [0.4, 0.5) is 5.00 Å². The monoisotopic (exact) mass is 281 g/mol. The third kappa shape index (κ3) is 2.30. The Morgan fingerprint density at radius 3 is 2.61 bits per heavy atom. The first-order chi connectivity index (χ1) is 8.50.